The summed E-state index contributed by atoms with van der Waals surface area (Å²) in [6.45, 7) is 4.27. The second-order valence-electron chi connectivity index (χ2n) is 7.42. The van der Waals surface area contributed by atoms with Crippen molar-refractivity contribution in [3.05, 3.63) is 101 Å². The van der Waals surface area contributed by atoms with Gasteiger partial charge in [0.05, 0.1) is 12.0 Å². The second-order valence-corrected chi connectivity index (χ2v) is 7.42. The van der Waals surface area contributed by atoms with Crippen LogP contribution in [0.15, 0.2) is 84.5 Å². The molecule has 0 amide bonds. The molecular formula is C27H27N. The molecule has 140 valence electrons. The summed E-state index contributed by atoms with van der Waals surface area (Å²) in [5.41, 5.74) is 4.74. The molecule has 1 aliphatic rings. The Hall–Kier alpha value is -3.11. The molecule has 0 spiro atoms. The van der Waals surface area contributed by atoms with Crippen molar-refractivity contribution >= 4 is 18.2 Å². The molecule has 2 unspecified atom stereocenters. The SMILES string of the molecule is C/C=C(\C=C/[C@H]1C(C)CC1C#N)/C=C/c1ccc(/C=C/c2ccccc2)cc1. The first-order valence-corrected chi connectivity index (χ1v) is 9.95. The van der Waals surface area contributed by atoms with Crippen LogP contribution in [0, 0.1) is 29.1 Å². The number of rotatable bonds is 6. The molecule has 0 N–H and O–H groups in total. The normalized spacial score (nSPS) is 22.6. The van der Waals surface area contributed by atoms with E-state index >= 15 is 0 Å². The van der Waals surface area contributed by atoms with Gasteiger partial charge in [0.15, 0.2) is 0 Å². The van der Waals surface area contributed by atoms with Crippen LogP contribution in [0.3, 0.4) is 0 Å². The van der Waals surface area contributed by atoms with E-state index in [1.165, 1.54) is 22.3 Å². The van der Waals surface area contributed by atoms with Crippen molar-refractivity contribution in [2.75, 3.05) is 0 Å². The predicted octanol–water partition coefficient (Wildman–Crippen LogP) is 7.17. The fourth-order valence-corrected chi connectivity index (χ4v) is 3.52. The fraction of sp³-hybridized carbons (Fsp3) is 0.222. The highest BCUT2D eigenvalue weighted by molar-refractivity contribution is 5.70. The lowest BCUT2D eigenvalue weighted by Crippen LogP contribution is -2.32. The van der Waals surface area contributed by atoms with Crippen LogP contribution in [0.25, 0.3) is 18.2 Å². The monoisotopic (exact) mass is 365 g/mol. The minimum Gasteiger partial charge on any atom is -0.198 e. The minimum absolute atomic E-state index is 0.185. The first-order valence-electron chi connectivity index (χ1n) is 9.95. The number of nitrogens with zero attached hydrogens (tertiary/aromatic N) is 1. The van der Waals surface area contributed by atoms with E-state index in [0.717, 1.165) is 6.42 Å². The van der Waals surface area contributed by atoms with Crippen LogP contribution in [0.1, 0.15) is 37.0 Å². The van der Waals surface area contributed by atoms with Crippen molar-refractivity contribution in [1.29, 1.82) is 5.26 Å². The molecule has 3 atom stereocenters. The largest absolute Gasteiger partial charge is 0.198 e. The Morgan fingerprint density at radius 1 is 0.893 bits per heavy atom. The summed E-state index contributed by atoms with van der Waals surface area (Å²) in [5, 5.41) is 9.16. The van der Waals surface area contributed by atoms with E-state index in [0.29, 0.717) is 11.8 Å². The standard InChI is InChI=1S/C27H27N/c1-3-22(17-18-27-21(2)19-26(27)20-28)9-10-24-13-15-25(16-14-24)12-11-23-7-5-4-6-8-23/h3-18,21,26-27H,19H2,1-2H3/b10-9+,12-11+,18-17-,22-3-/t21?,26?,27-/m0/s1. The molecule has 1 fully saturated rings. The zero-order chi connectivity index (χ0) is 19.8. The van der Waals surface area contributed by atoms with Gasteiger partial charge in [-0.1, -0.05) is 104 Å². The summed E-state index contributed by atoms with van der Waals surface area (Å²) >= 11 is 0. The van der Waals surface area contributed by atoms with Gasteiger partial charge in [-0.25, -0.2) is 0 Å². The van der Waals surface area contributed by atoms with Gasteiger partial charge in [0.2, 0.25) is 0 Å². The molecule has 0 heterocycles. The van der Waals surface area contributed by atoms with Gasteiger partial charge in [0.1, 0.15) is 0 Å². The highest BCUT2D eigenvalue weighted by Crippen LogP contribution is 2.40. The zero-order valence-electron chi connectivity index (χ0n) is 16.6. The van der Waals surface area contributed by atoms with Crippen LogP contribution in [0.2, 0.25) is 0 Å². The van der Waals surface area contributed by atoms with E-state index in [-0.39, 0.29) is 5.92 Å². The molecule has 1 aliphatic carbocycles. The maximum absolute atomic E-state index is 9.16. The molecule has 1 nitrogen and oxygen atoms in total. The summed E-state index contributed by atoms with van der Waals surface area (Å²) in [6.07, 6.45) is 16.0. The Morgan fingerprint density at radius 2 is 1.50 bits per heavy atom. The average molecular weight is 366 g/mol. The van der Waals surface area contributed by atoms with Crippen molar-refractivity contribution < 1.29 is 0 Å². The molecule has 3 rings (SSSR count). The maximum Gasteiger partial charge on any atom is 0.0662 e. The summed E-state index contributed by atoms with van der Waals surface area (Å²) in [4.78, 5) is 0. The van der Waals surface area contributed by atoms with Crippen molar-refractivity contribution in [2.45, 2.75) is 20.3 Å². The van der Waals surface area contributed by atoms with Gasteiger partial charge in [-0.2, -0.15) is 5.26 Å². The topological polar surface area (TPSA) is 23.8 Å². The average Bonchev–Trinajstić information content (AvgIpc) is 2.74. The lowest BCUT2D eigenvalue weighted by molar-refractivity contribution is 0.181. The van der Waals surface area contributed by atoms with Gasteiger partial charge < -0.3 is 0 Å². The highest BCUT2D eigenvalue weighted by Gasteiger charge is 2.35. The van der Waals surface area contributed by atoms with Crippen LogP contribution in [-0.4, -0.2) is 0 Å². The molecule has 0 aromatic heterocycles. The third-order valence-electron chi connectivity index (χ3n) is 5.43. The summed E-state index contributed by atoms with van der Waals surface area (Å²) < 4.78 is 0. The zero-order valence-corrected chi connectivity index (χ0v) is 16.6. The van der Waals surface area contributed by atoms with Crippen LogP contribution < -0.4 is 0 Å². The molecule has 0 bridgehead atoms. The number of hydrogen-bond acceptors (Lipinski definition) is 1. The fourth-order valence-electron chi connectivity index (χ4n) is 3.52. The number of nitriles is 1. The van der Waals surface area contributed by atoms with Crippen LogP contribution in [-0.2, 0) is 0 Å². The van der Waals surface area contributed by atoms with E-state index in [4.69, 9.17) is 5.26 Å². The van der Waals surface area contributed by atoms with Gasteiger partial charge >= 0.3 is 0 Å². The molecule has 1 heteroatoms. The summed E-state index contributed by atoms with van der Waals surface area (Å²) in [5.74, 6) is 1.19. The van der Waals surface area contributed by atoms with Crippen molar-refractivity contribution in [2.24, 2.45) is 17.8 Å². The smallest absolute Gasteiger partial charge is 0.0662 e. The Kier molecular flexibility index (Phi) is 6.82. The van der Waals surface area contributed by atoms with Crippen LogP contribution >= 0.6 is 0 Å². The maximum atomic E-state index is 9.16. The van der Waals surface area contributed by atoms with Crippen molar-refractivity contribution in [3.63, 3.8) is 0 Å². The van der Waals surface area contributed by atoms with Gasteiger partial charge in [-0.3, -0.25) is 0 Å². The Labute approximate surface area is 169 Å². The van der Waals surface area contributed by atoms with Gasteiger partial charge in [-0.05, 0) is 47.4 Å². The Balaban J connectivity index is 1.60. The molecule has 2 aromatic carbocycles. The third-order valence-corrected chi connectivity index (χ3v) is 5.43. The van der Waals surface area contributed by atoms with Crippen molar-refractivity contribution in [1.82, 2.24) is 0 Å². The summed E-state index contributed by atoms with van der Waals surface area (Å²) in [7, 11) is 0. The lowest BCUT2D eigenvalue weighted by Gasteiger charge is -2.36. The molecule has 0 radical (unpaired) electrons. The molecule has 1 saturated carbocycles. The number of allylic oxidation sites excluding steroid dienone is 5. The first-order chi connectivity index (χ1) is 13.7. The Morgan fingerprint density at radius 3 is 2.07 bits per heavy atom. The molecular weight excluding hydrogens is 338 g/mol. The van der Waals surface area contributed by atoms with Crippen LogP contribution in [0.4, 0.5) is 0 Å². The van der Waals surface area contributed by atoms with Crippen LogP contribution in [0.5, 0.6) is 0 Å². The van der Waals surface area contributed by atoms with E-state index in [1.807, 2.05) is 25.1 Å². The lowest BCUT2D eigenvalue weighted by atomic mass is 9.66. The van der Waals surface area contributed by atoms with E-state index in [2.05, 4.69) is 91.9 Å². The van der Waals surface area contributed by atoms with Gasteiger partial charge in [-0.15, -0.1) is 0 Å². The number of hydrogen-bond donors (Lipinski definition) is 0. The Bertz CT molecular complexity index is 920. The second kappa shape index (κ2) is 9.72. The molecule has 2 aromatic rings. The van der Waals surface area contributed by atoms with Crippen molar-refractivity contribution in [3.8, 4) is 6.07 Å². The number of benzene rings is 2. The van der Waals surface area contributed by atoms with E-state index in [1.54, 1.807) is 0 Å². The first kappa shape index (κ1) is 19.6. The van der Waals surface area contributed by atoms with E-state index < -0.39 is 0 Å². The predicted molar refractivity (Wildman–Crippen MR) is 120 cm³/mol. The quantitative estimate of drug-likeness (QED) is 0.393. The molecule has 28 heavy (non-hydrogen) atoms. The molecule has 0 aliphatic heterocycles. The highest BCUT2D eigenvalue weighted by atomic mass is 14.4. The summed E-state index contributed by atoms with van der Waals surface area (Å²) in [6, 6.07) is 21.3. The minimum atomic E-state index is 0.185. The third kappa shape index (κ3) is 5.21. The van der Waals surface area contributed by atoms with E-state index in [9.17, 15) is 0 Å². The van der Waals surface area contributed by atoms with Gasteiger partial charge in [0.25, 0.3) is 0 Å². The van der Waals surface area contributed by atoms with Gasteiger partial charge in [0, 0.05) is 0 Å². The molecule has 0 saturated heterocycles.